The van der Waals surface area contributed by atoms with E-state index in [1.165, 1.54) is 18.2 Å². The van der Waals surface area contributed by atoms with Crippen molar-refractivity contribution in [3.05, 3.63) is 35.9 Å². The average molecular weight is 256 g/mol. The summed E-state index contributed by atoms with van der Waals surface area (Å²) in [4.78, 5) is 4.67. The Balaban J connectivity index is 1.89. The molecule has 3 rings (SSSR count). The van der Waals surface area contributed by atoms with Crippen LogP contribution in [0, 0.1) is 5.92 Å². The highest BCUT2D eigenvalue weighted by Gasteiger charge is 2.22. The Hall–Kier alpha value is -1.61. The second kappa shape index (κ2) is 5.57. The van der Waals surface area contributed by atoms with E-state index in [-0.39, 0.29) is 0 Å². The predicted molar refractivity (Wildman–Crippen MR) is 77.3 cm³/mol. The third-order valence-corrected chi connectivity index (χ3v) is 3.48. The second-order valence-corrected chi connectivity index (χ2v) is 5.18. The van der Waals surface area contributed by atoms with Gasteiger partial charge in [0.25, 0.3) is 0 Å². The van der Waals surface area contributed by atoms with Gasteiger partial charge in [0.15, 0.2) is 0 Å². The first-order valence-corrected chi connectivity index (χ1v) is 7.09. The molecule has 1 aliphatic carbocycles. The van der Waals surface area contributed by atoms with Gasteiger partial charge in [-0.15, -0.1) is 0 Å². The normalized spacial score (nSPS) is 14.8. The minimum atomic E-state index is 0.750. The summed E-state index contributed by atoms with van der Waals surface area (Å²) in [5.41, 5.74) is 2.16. The summed E-state index contributed by atoms with van der Waals surface area (Å²) in [7, 11) is 0. The van der Waals surface area contributed by atoms with E-state index in [1.54, 1.807) is 0 Å². The standard InChI is InChI=1S/C16H20N2O/c1-2-17-10-14-9-13-5-3-4-6-15(13)18-16(14)19-11-12-7-8-12/h3-6,9,12,17H,2,7-8,10-11H2,1H3. The summed E-state index contributed by atoms with van der Waals surface area (Å²) in [6.07, 6.45) is 2.60. The Morgan fingerprint density at radius 2 is 2.16 bits per heavy atom. The van der Waals surface area contributed by atoms with Gasteiger partial charge in [0.1, 0.15) is 0 Å². The van der Waals surface area contributed by atoms with Crippen LogP contribution in [0.1, 0.15) is 25.3 Å². The number of para-hydroxylation sites is 1. The van der Waals surface area contributed by atoms with Crippen LogP contribution >= 0.6 is 0 Å². The molecule has 1 N–H and O–H groups in total. The van der Waals surface area contributed by atoms with E-state index in [2.05, 4.69) is 29.4 Å². The SMILES string of the molecule is CCNCc1cc2ccccc2nc1OCC1CC1. The van der Waals surface area contributed by atoms with Crippen molar-refractivity contribution in [3.8, 4) is 5.88 Å². The Kier molecular flexibility index (Phi) is 3.65. The summed E-state index contributed by atoms with van der Waals surface area (Å²) in [6.45, 7) is 4.69. The minimum Gasteiger partial charge on any atom is -0.477 e. The van der Waals surface area contributed by atoms with E-state index >= 15 is 0 Å². The number of rotatable bonds is 6. The number of aromatic nitrogens is 1. The van der Waals surface area contributed by atoms with Crippen molar-refractivity contribution in [2.75, 3.05) is 13.2 Å². The third-order valence-electron chi connectivity index (χ3n) is 3.48. The number of benzene rings is 1. The number of pyridine rings is 1. The van der Waals surface area contributed by atoms with Crippen molar-refractivity contribution in [2.24, 2.45) is 5.92 Å². The van der Waals surface area contributed by atoms with Gasteiger partial charge in [-0.3, -0.25) is 0 Å². The molecule has 0 aliphatic heterocycles. The molecule has 0 saturated heterocycles. The summed E-state index contributed by atoms with van der Waals surface area (Å²) in [6, 6.07) is 10.4. The Labute approximate surface area is 114 Å². The predicted octanol–water partition coefficient (Wildman–Crippen LogP) is 3.13. The van der Waals surface area contributed by atoms with E-state index in [0.717, 1.165) is 42.6 Å². The number of fused-ring (bicyclic) bond motifs is 1. The first-order chi connectivity index (χ1) is 9.36. The lowest BCUT2D eigenvalue weighted by molar-refractivity contribution is 0.285. The molecular weight excluding hydrogens is 236 g/mol. The molecule has 0 amide bonds. The monoisotopic (exact) mass is 256 g/mol. The minimum absolute atomic E-state index is 0.750. The maximum atomic E-state index is 5.92. The molecule has 0 spiro atoms. The molecule has 1 aromatic heterocycles. The molecule has 19 heavy (non-hydrogen) atoms. The zero-order valence-electron chi connectivity index (χ0n) is 11.4. The van der Waals surface area contributed by atoms with Gasteiger partial charge in [-0.05, 0) is 37.4 Å². The molecule has 0 bridgehead atoms. The van der Waals surface area contributed by atoms with Gasteiger partial charge in [-0.25, -0.2) is 4.98 Å². The fourth-order valence-corrected chi connectivity index (χ4v) is 2.13. The molecule has 3 heteroatoms. The number of hydrogen-bond donors (Lipinski definition) is 1. The highest BCUT2D eigenvalue weighted by Crippen LogP contribution is 2.30. The number of nitrogens with zero attached hydrogens (tertiary/aromatic N) is 1. The first-order valence-electron chi connectivity index (χ1n) is 7.09. The number of nitrogens with one attached hydrogen (secondary N) is 1. The highest BCUT2D eigenvalue weighted by atomic mass is 16.5. The molecule has 3 nitrogen and oxygen atoms in total. The van der Waals surface area contributed by atoms with Crippen LogP contribution in [0.3, 0.4) is 0 Å². The maximum Gasteiger partial charge on any atom is 0.218 e. The van der Waals surface area contributed by atoms with Crippen molar-refractivity contribution in [1.82, 2.24) is 10.3 Å². The summed E-state index contributed by atoms with van der Waals surface area (Å²) in [5.74, 6) is 1.55. The molecule has 2 aromatic rings. The van der Waals surface area contributed by atoms with Gasteiger partial charge < -0.3 is 10.1 Å². The lowest BCUT2D eigenvalue weighted by Crippen LogP contribution is -2.14. The molecular formula is C16H20N2O. The van der Waals surface area contributed by atoms with E-state index in [1.807, 2.05) is 18.2 Å². The Bertz CT molecular complexity index is 564. The van der Waals surface area contributed by atoms with Crippen molar-refractivity contribution in [1.29, 1.82) is 0 Å². The third kappa shape index (κ3) is 3.04. The van der Waals surface area contributed by atoms with Crippen LogP contribution in [0.5, 0.6) is 5.88 Å². The fraction of sp³-hybridized carbons (Fsp3) is 0.438. The van der Waals surface area contributed by atoms with Crippen LogP contribution in [-0.4, -0.2) is 18.1 Å². The highest BCUT2D eigenvalue weighted by molar-refractivity contribution is 5.80. The van der Waals surface area contributed by atoms with Crippen molar-refractivity contribution >= 4 is 10.9 Å². The van der Waals surface area contributed by atoms with Crippen molar-refractivity contribution < 1.29 is 4.74 Å². The molecule has 1 aromatic carbocycles. The molecule has 1 fully saturated rings. The lowest BCUT2D eigenvalue weighted by Gasteiger charge is -2.12. The second-order valence-electron chi connectivity index (χ2n) is 5.18. The quantitative estimate of drug-likeness (QED) is 0.862. The van der Waals surface area contributed by atoms with Gasteiger partial charge in [0, 0.05) is 17.5 Å². The smallest absolute Gasteiger partial charge is 0.218 e. The van der Waals surface area contributed by atoms with Gasteiger partial charge in [-0.2, -0.15) is 0 Å². The Morgan fingerprint density at radius 1 is 1.32 bits per heavy atom. The zero-order chi connectivity index (χ0) is 13.1. The molecule has 1 aliphatic rings. The zero-order valence-corrected chi connectivity index (χ0v) is 11.4. The molecule has 1 saturated carbocycles. The molecule has 0 unspecified atom stereocenters. The fourth-order valence-electron chi connectivity index (χ4n) is 2.13. The maximum absolute atomic E-state index is 5.92. The number of ether oxygens (including phenoxy) is 1. The van der Waals surface area contributed by atoms with Crippen LogP contribution in [-0.2, 0) is 6.54 Å². The largest absolute Gasteiger partial charge is 0.477 e. The van der Waals surface area contributed by atoms with Crippen molar-refractivity contribution in [3.63, 3.8) is 0 Å². The summed E-state index contributed by atoms with van der Waals surface area (Å²) in [5, 5.41) is 4.53. The van der Waals surface area contributed by atoms with Crippen LogP contribution in [0.15, 0.2) is 30.3 Å². The molecule has 100 valence electrons. The lowest BCUT2D eigenvalue weighted by atomic mass is 10.1. The van der Waals surface area contributed by atoms with Crippen LogP contribution in [0.2, 0.25) is 0 Å². The Morgan fingerprint density at radius 3 is 2.95 bits per heavy atom. The van der Waals surface area contributed by atoms with E-state index < -0.39 is 0 Å². The van der Waals surface area contributed by atoms with Crippen LogP contribution < -0.4 is 10.1 Å². The number of hydrogen-bond acceptors (Lipinski definition) is 3. The van der Waals surface area contributed by atoms with Gasteiger partial charge >= 0.3 is 0 Å². The van der Waals surface area contributed by atoms with E-state index in [9.17, 15) is 0 Å². The van der Waals surface area contributed by atoms with Gasteiger partial charge in [-0.1, -0.05) is 25.1 Å². The molecule has 0 radical (unpaired) electrons. The summed E-state index contributed by atoms with van der Waals surface area (Å²) < 4.78 is 5.92. The van der Waals surface area contributed by atoms with Gasteiger partial charge in [0.05, 0.1) is 12.1 Å². The van der Waals surface area contributed by atoms with E-state index in [0.29, 0.717) is 0 Å². The molecule has 1 heterocycles. The topological polar surface area (TPSA) is 34.2 Å². The van der Waals surface area contributed by atoms with E-state index in [4.69, 9.17) is 4.74 Å². The van der Waals surface area contributed by atoms with Crippen molar-refractivity contribution in [2.45, 2.75) is 26.3 Å². The summed E-state index contributed by atoms with van der Waals surface area (Å²) >= 11 is 0. The van der Waals surface area contributed by atoms with Gasteiger partial charge in [0.2, 0.25) is 5.88 Å². The van der Waals surface area contributed by atoms with Crippen LogP contribution in [0.25, 0.3) is 10.9 Å². The molecule has 0 atom stereocenters. The average Bonchev–Trinajstić information content (AvgIpc) is 3.26. The first kappa shape index (κ1) is 12.4. The van der Waals surface area contributed by atoms with Crippen LogP contribution in [0.4, 0.5) is 0 Å².